The van der Waals surface area contributed by atoms with E-state index in [1.807, 2.05) is 40.8 Å². The molecule has 0 aliphatic carbocycles. The number of hydrogen-bond acceptors (Lipinski definition) is 5. The number of aryl methyl sites for hydroxylation is 1. The van der Waals surface area contributed by atoms with Gasteiger partial charge in [-0.05, 0) is 18.9 Å². The summed E-state index contributed by atoms with van der Waals surface area (Å²) in [5.74, 6) is 2.19. The molecule has 3 heterocycles. The molecule has 0 radical (unpaired) electrons. The summed E-state index contributed by atoms with van der Waals surface area (Å²) in [5.41, 5.74) is 3.88. The van der Waals surface area contributed by atoms with Crippen LogP contribution in [0.1, 0.15) is 59.8 Å². The summed E-state index contributed by atoms with van der Waals surface area (Å²) in [6.45, 7) is 11.9. The number of carbonyl (C=O) groups is 1. The first kappa shape index (κ1) is 22.0. The topological polar surface area (TPSA) is 67.2 Å². The van der Waals surface area contributed by atoms with Crippen LogP contribution in [-0.2, 0) is 13.0 Å². The third kappa shape index (κ3) is 4.66. The number of benzene rings is 1. The Hall–Kier alpha value is -3.22. The van der Waals surface area contributed by atoms with Gasteiger partial charge in [-0.2, -0.15) is 5.10 Å². The quantitative estimate of drug-likeness (QED) is 0.594. The van der Waals surface area contributed by atoms with E-state index in [-0.39, 0.29) is 11.8 Å². The molecular formula is C25H32N6O. The fraction of sp³-hybridized carbons (Fsp3) is 0.440. The van der Waals surface area contributed by atoms with E-state index in [4.69, 9.17) is 4.98 Å². The van der Waals surface area contributed by atoms with E-state index in [1.54, 1.807) is 6.20 Å². The zero-order valence-corrected chi connectivity index (χ0v) is 19.5. The van der Waals surface area contributed by atoms with Crippen LogP contribution in [-0.4, -0.2) is 56.7 Å². The predicted octanol–water partition coefficient (Wildman–Crippen LogP) is 3.68. The molecule has 0 spiro atoms. The fourth-order valence-corrected chi connectivity index (χ4v) is 4.16. The fourth-order valence-electron chi connectivity index (χ4n) is 4.16. The van der Waals surface area contributed by atoms with Crippen molar-refractivity contribution in [1.29, 1.82) is 0 Å². The highest BCUT2D eigenvalue weighted by Gasteiger charge is 2.26. The van der Waals surface area contributed by atoms with Crippen molar-refractivity contribution in [3.8, 4) is 0 Å². The van der Waals surface area contributed by atoms with Crippen LogP contribution in [0.3, 0.4) is 0 Å². The molecule has 0 atom stereocenters. The summed E-state index contributed by atoms with van der Waals surface area (Å²) in [6.07, 6.45) is 2.51. The first-order valence-electron chi connectivity index (χ1n) is 11.4. The number of hydrogen-bond donors (Lipinski definition) is 0. The van der Waals surface area contributed by atoms with Crippen molar-refractivity contribution in [2.24, 2.45) is 0 Å². The number of anilines is 1. The van der Waals surface area contributed by atoms with Crippen molar-refractivity contribution in [3.05, 3.63) is 70.9 Å². The molecule has 1 aliphatic heterocycles. The van der Waals surface area contributed by atoms with Crippen molar-refractivity contribution >= 4 is 11.7 Å². The van der Waals surface area contributed by atoms with E-state index in [0.29, 0.717) is 19.6 Å². The molecule has 0 unspecified atom stereocenters. The number of piperazine rings is 1. The van der Waals surface area contributed by atoms with Gasteiger partial charge in [-0.15, -0.1) is 0 Å². The van der Waals surface area contributed by atoms with E-state index in [2.05, 4.69) is 47.9 Å². The summed E-state index contributed by atoms with van der Waals surface area (Å²) >= 11 is 0. The second kappa shape index (κ2) is 9.51. The Morgan fingerprint density at radius 2 is 1.78 bits per heavy atom. The van der Waals surface area contributed by atoms with E-state index in [0.717, 1.165) is 48.1 Å². The highest BCUT2D eigenvalue weighted by molar-refractivity contribution is 5.95. The van der Waals surface area contributed by atoms with Crippen LogP contribution in [0.4, 0.5) is 5.82 Å². The highest BCUT2D eigenvalue weighted by atomic mass is 16.2. The Morgan fingerprint density at radius 1 is 1.06 bits per heavy atom. The molecule has 2 aromatic heterocycles. The smallest absolute Gasteiger partial charge is 0.257 e. The molecule has 1 amide bonds. The SMILES string of the molecule is CCc1c(C(=O)N2CCN(c3cc(C)nc(C(C)C)n3)CC2)cnn1Cc1ccccc1. The maximum atomic E-state index is 13.3. The van der Waals surface area contributed by atoms with Gasteiger partial charge in [-0.3, -0.25) is 9.48 Å². The van der Waals surface area contributed by atoms with Crippen molar-refractivity contribution < 1.29 is 4.79 Å². The number of amides is 1. The normalized spacial score (nSPS) is 14.3. The number of nitrogens with zero attached hydrogens (tertiary/aromatic N) is 6. The molecular weight excluding hydrogens is 400 g/mol. The van der Waals surface area contributed by atoms with Gasteiger partial charge < -0.3 is 9.80 Å². The average Bonchev–Trinajstić information content (AvgIpc) is 3.21. The van der Waals surface area contributed by atoms with Crippen LogP contribution >= 0.6 is 0 Å². The standard InChI is InChI=1S/C25H32N6O/c1-5-22-21(16-26-31(22)17-20-9-7-6-8-10-20)25(32)30-13-11-29(12-14-30)23-15-19(4)27-24(28-23)18(2)3/h6-10,15-16,18H,5,11-14,17H2,1-4H3. The summed E-state index contributed by atoms with van der Waals surface area (Å²) in [4.78, 5) is 26.8. The molecule has 3 aromatic rings. The zero-order chi connectivity index (χ0) is 22.7. The molecule has 168 valence electrons. The molecule has 0 bridgehead atoms. The van der Waals surface area contributed by atoms with Gasteiger partial charge in [0.25, 0.3) is 5.91 Å². The summed E-state index contributed by atoms with van der Waals surface area (Å²) in [6, 6.07) is 12.3. The van der Waals surface area contributed by atoms with Crippen LogP contribution in [0.25, 0.3) is 0 Å². The largest absolute Gasteiger partial charge is 0.353 e. The number of rotatable bonds is 6. The van der Waals surface area contributed by atoms with Crippen molar-refractivity contribution in [2.75, 3.05) is 31.1 Å². The molecule has 4 rings (SSSR count). The van der Waals surface area contributed by atoms with Gasteiger partial charge >= 0.3 is 0 Å². The lowest BCUT2D eigenvalue weighted by Crippen LogP contribution is -2.49. The zero-order valence-electron chi connectivity index (χ0n) is 19.5. The molecule has 1 saturated heterocycles. The first-order chi connectivity index (χ1) is 15.5. The van der Waals surface area contributed by atoms with E-state index < -0.39 is 0 Å². The minimum atomic E-state index is 0.0718. The Kier molecular flexibility index (Phi) is 6.53. The molecule has 7 heteroatoms. The molecule has 7 nitrogen and oxygen atoms in total. The van der Waals surface area contributed by atoms with Gasteiger partial charge in [-0.1, -0.05) is 51.1 Å². The third-order valence-electron chi connectivity index (χ3n) is 5.95. The van der Waals surface area contributed by atoms with E-state index in [9.17, 15) is 4.79 Å². The highest BCUT2D eigenvalue weighted by Crippen LogP contribution is 2.20. The predicted molar refractivity (Wildman–Crippen MR) is 126 cm³/mol. The Labute approximate surface area is 190 Å². The van der Waals surface area contributed by atoms with Gasteiger partial charge in [0.15, 0.2) is 0 Å². The van der Waals surface area contributed by atoms with Crippen LogP contribution in [0.5, 0.6) is 0 Å². The molecule has 32 heavy (non-hydrogen) atoms. The van der Waals surface area contributed by atoms with Crippen LogP contribution < -0.4 is 4.90 Å². The Balaban J connectivity index is 1.45. The second-order valence-electron chi connectivity index (χ2n) is 8.66. The summed E-state index contributed by atoms with van der Waals surface area (Å²) in [7, 11) is 0. The third-order valence-corrected chi connectivity index (χ3v) is 5.95. The van der Waals surface area contributed by atoms with Gasteiger partial charge in [0.1, 0.15) is 11.6 Å². The Morgan fingerprint density at radius 3 is 2.44 bits per heavy atom. The maximum absolute atomic E-state index is 13.3. The van der Waals surface area contributed by atoms with Gasteiger partial charge in [-0.25, -0.2) is 9.97 Å². The van der Waals surface area contributed by atoms with Crippen LogP contribution in [0.2, 0.25) is 0 Å². The average molecular weight is 433 g/mol. The monoisotopic (exact) mass is 432 g/mol. The molecule has 1 aromatic carbocycles. The summed E-state index contributed by atoms with van der Waals surface area (Å²) in [5, 5.41) is 4.54. The first-order valence-corrected chi connectivity index (χ1v) is 11.4. The van der Waals surface area contributed by atoms with E-state index >= 15 is 0 Å². The lowest BCUT2D eigenvalue weighted by atomic mass is 10.1. The molecule has 1 fully saturated rings. The van der Waals surface area contributed by atoms with E-state index in [1.165, 1.54) is 5.56 Å². The number of carbonyl (C=O) groups excluding carboxylic acids is 1. The van der Waals surface area contributed by atoms with Crippen LogP contribution in [0.15, 0.2) is 42.6 Å². The van der Waals surface area contributed by atoms with Crippen molar-refractivity contribution in [1.82, 2.24) is 24.6 Å². The Bertz CT molecular complexity index is 1070. The van der Waals surface area contributed by atoms with Crippen LogP contribution in [0, 0.1) is 6.92 Å². The maximum Gasteiger partial charge on any atom is 0.257 e. The second-order valence-corrected chi connectivity index (χ2v) is 8.66. The lowest BCUT2D eigenvalue weighted by molar-refractivity contribution is 0.0745. The number of aromatic nitrogens is 4. The van der Waals surface area contributed by atoms with Gasteiger partial charge in [0.2, 0.25) is 0 Å². The molecule has 0 N–H and O–H groups in total. The minimum absolute atomic E-state index is 0.0718. The summed E-state index contributed by atoms with van der Waals surface area (Å²) < 4.78 is 1.95. The van der Waals surface area contributed by atoms with Gasteiger partial charge in [0, 0.05) is 43.9 Å². The lowest BCUT2D eigenvalue weighted by Gasteiger charge is -2.35. The van der Waals surface area contributed by atoms with Crippen molar-refractivity contribution in [3.63, 3.8) is 0 Å². The molecule has 1 aliphatic rings. The van der Waals surface area contributed by atoms with Crippen molar-refractivity contribution in [2.45, 2.75) is 46.6 Å². The molecule has 0 saturated carbocycles. The van der Waals surface area contributed by atoms with Gasteiger partial charge in [0.05, 0.1) is 24.0 Å². The minimum Gasteiger partial charge on any atom is -0.353 e.